The zero-order chi connectivity index (χ0) is 15.5. The van der Waals surface area contributed by atoms with Gasteiger partial charge in [0.25, 0.3) is 0 Å². The first-order chi connectivity index (χ1) is 10.6. The monoisotopic (exact) mass is 298 g/mol. The van der Waals surface area contributed by atoms with Gasteiger partial charge < -0.3 is 10.5 Å². The zero-order valence-corrected chi connectivity index (χ0v) is 13.1. The molecule has 1 aromatic heterocycles. The molecule has 1 aliphatic rings. The topological polar surface area (TPSA) is 64.3 Å². The Morgan fingerprint density at radius 2 is 2.00 bits per heavy atom. The fourth-order valence-electron chi connectivity index (χ4n) is 2.76. The number of nitrogen functional groups attached to an aromatic ring is 1. The van der Waals surface area contributed by atoms with Crippen molar-refractivity contribution in [2.75, 3.05) is 25.4 Å². The van der Waals surface area contributed by atoms with Crippen molar-refractivity contribution in [1.29, 1.82) is 0 Å². The Morgan fingerprint density at radius 1 is 1.23 bits per heavy atom. The first-order valence-electron chi connectivity index (χ1n) is 7.61. The average Bonchev–Trinajstić information content (AvgIpc) is 2.49. The molecule has 1 atom stereocenters. The minimum atomic E-state index is -0.0387. The molecule has 0 amide bonds. The summed E-state index contributed by atoms with van der Waals surface area (Å²) in [7, 11) is 0. The van der Waals surface area contributed by atoms with Gasteiger partial charge in [-0.3, -0.25) is 4.90 Å². The second-order valence-corrected chi connectivity index (χ2v) is 5.85. The van der Waals surface area contributed by atoms with E-state index >= 15 is 0 Å². The van der Waals surface area contributed by atoms with Gasteiger partial charge in [0.1, 0.15) is 17.7 Å². The number of aryl methyl sites for hydroxylation is 2. The molecule has 0 aliphatic carbocycles. The average molecular weight is 298 g/mol. The van der Waals surface area contributed by atoms with Crippen molar-refractivity contribution in [2.45, 2.75) is 26.5 Å². The number of aromatic nitrogens is 2. The summed E-state index contributed by atoms with van der Waals surface area (Å²) >= 11 is 0. The van der Waals surface area contributed by atoms with Crippen molar-refractivity contribution in [3.8, 4) is 0 Å². The molecule has 1 aliphatic heterocycles. The van der Waals surface area contributed by atoms with Crippen molar-refractivity contribution in [3.63, 3.8) is 0 Å². The van der Waals surface area contributed by atoms with Gasteiger partial charge in [0.05, 0.1) is 12.3 Å². The van der Waals surface area contributed by atoms with Crippen molar-refractivity contribution < 1.29 is 4.74 Å². The smallest absolute Gasteiger partial charge is 0.128 e. The van der Waals surface area contributed by atoms with Crippen molar-refractivity contribution in [1.82, 2.24) is 14.9 Å². The molecule has 3 rings (SSSR count). The molecule has 5 heteroatoms. The fourth-order valence-corrected chi connectivity index (χ4v) is 2.76. The quantitative estimate of drug-likeness (QED) is 0.941. The summed E-state index contributed by atoms with van der Waals surface area (Å²) in [4.78, 5) is 11.0. The molecule has 0 spiro atoms. The summed E-state index contributed by atoms with van der Waals surface area (Å²) in [5.74, 6) is 1.19. The lowest BCUT2D eigenvalue weighted by Gasteiger charge is -2.32. The van der Waals surface area contributed by atoms with Gasteiger partial charge >= 0.3 is 0 Å². The largest absolute Gasteiger partial charge is 0.384 e. The molecular weight excluding hydrogens is 276 g/mol. The maximum absolute atomic E-state index is 5.87. The van der Waals surface area contributed by atoms with Crippen LogP contribution in [0.3, 0.4) is 0 Å². The van der Waals surface area contributed by atoms with E-state index in [2.05, 4.69) is 46.1 Å². The lowest BCUT2D eigenvalue weighted by Crippen LogP contribution is -2.38. The van der Waals surface area contributed by atoms with Gasteiger partial charge in [-0.1, -0.05) is 29.8 Å². The summed E-state index contributed by atoms with van der Waals surface area (Å²) in [6.45, 7) is 7.36. The van der Waals surface area contributed by atoms with E-state index in [0.29, 0.717) is 18.2 Å². The van der Waals surface area contributed by atoms with Crippen LogP contribution in [0.25, 0.3) is 0 Å². The van der Waals surface area contributed by atoms with E-state index < -0.39 is 0 Å². The fraction of sp³-hybridized carbons (Fsp3) is 0.412. The Bertz CT molecular complexity index is 621. The van der Waals surface area contributed by atoms with Gasteiger partial charge in [0, 0.05) is 25.7 Å². The number of anilines is 1. The number of hydrogen-bond donors (Lipinski definition) is 1. The van der Waals surface area contributed by atoms with Crippen LogP contribution in [0, 0.1) is 13.8 Å². The third-order valence-corrected chi connectivity index (χ3v) is 3.88. The van der Waals surface area contributed by atoms with Crippen LogP contribution >= 0.6 is 0 Å². The van der Waals surface area contributed by atoms with E-state index in [4.69, 9.17) is 10.5 Å². The predicted molar refractivity (Wildman–Crippen MR) is 86.3 cm³/mol. The molecule has 5 nitrogen and oxygen atoms in total. The van der Waals surface area contributed by atoms with Gasteiger partial charge in [0.2, 0.25) is 0 Å². The molecule has 0 saturated carbocycles. The molecule has 1 unspecified atom stereocenters. The zero-order valence-electron chi connectivity index (χ0n) is 13.1. The minimum Gasteiger partial charge on any atom is -0.384 e. The number of nitrogens with two attached hydrogens (primary N) is 1. The highest BCUT2D eigenvalue weighted by Crippen LogP contribution is 2.23. The highest BCUT2D eigenvalue weighted by Gasteiger charge is 2.23. The standard InChI is InChI=1S/C17H22N4O/c1-12-3-5-14(6-4-12)10-21-7-8-22-16(11-21)15-9-17(18)20-13(2)19-15/h3-6,9,16H,7-8,10-11H2,1-2H3,(H2,18,19,20). The number of rotatable bonds is 3. The van der Waals surface area contributed by atoms with Crippen molar-refractivity contribution in [2.24, 2.45) is 0 Å². The van der Waals surface area contributed by atoms with E-state index in [0.717, 1.165) is 25.3 Å². The Kier molecular flexibility index (Phi) is 4.36. The van der Waals surface area contributed by atoms with Gasteiger partial charge in [-0.25, -0.2) is 9.97 Å². The van der Waals surface area contributed by atoms with Crippen LogP contribution < -0.4 is 5.73 Å². The Morgan fingerprint density at radius 3 is 2.73 bits per heavy atom. The Balaban J connectivity index is 1.69. The number of nitrogens with zero attached hydrogens (tertiary/aromatic N) is 3. The summed E-state index contributed by atoms with van der Waals surface area (Å²) in [5.41, 5.74) is 9.30. The predicted octanol–water partition coefficient (Wildman–Crippen LogP) is 2.25. The molecule has 2 N–H and O–H groups in total. The number of benzene rings is 1. The molecule has 2 aromatic rings. The molecule has 0 bridgehead atoms. The Labute approximate surface area is 131 Å². The third kappa shape index (κ3) is 3.61. The second-order valence-electron chi connectivity index (χ2n) is 5.85. The lowest BCUT2D eigenvalue weighted by molar-refractivity contribution is -0.0350. The van der Waals surface area contributed by atoms with Gasteiger partial charge in [-0.2, -0.15) is 0 Å². The SMILES string of the molecule is Cc1ccc(CN2CCOC(c3cc(N)nc(C)n3)C2)cc1. The summed E-state index contributed by atoms with van der Waals surface area (Å²) in [6.07, 6.45) is -0.0387. The van der Waals surface area contributed by atoms with Crippen LogP contribution in [-0.4, -0.2) is 34.6 Å². The molecule has 1 saturated heterocycles. The molecular formula is C17H22N4O. The third-order valence-electron chi connectivity index (χ3n) is 3.88. The first-order valence-corrected chi connectivity index (χ1v) is 7.61. The number of hydrogen-bond acceptors (Lipinski definition) is 5. The first kappa shape index (κ1) is 14.9. The molecule has 2 heterocycles. The van der Waals surface area contributed by atoms with E-state index in [1.807, 2.05) is 13.0 Å². The highest BCUT2D eigenvalue weighted by atomic mass is 16.5. The summed E-state index contributed by atoms with van der Waals surface area (Å²) < 4.78 is 5.87. The molecule has 1 aromatic carbocycles. The normalized spacial score (nSPS) is 19.3. The maximum Gasteiger partial charge on any atom is 0.128 e. The Hall–Kier alpha value is -1.98. The van der Waals surface area contributed by atoms with Crippen molar-refractivity contribution >= 4 is 5.82 Å². The number of morpholine rings is 1. The van der Waals surface area contributed by atoms with Crippen LogP contribution in [0.4, 0.5) is 5.82 Å². The molecule has 1 fully saturated rings. The molecule has 0 radical (unpaired) electrons. The highest BCUT2D eigenvalue weighted by molar-refractivity contribution is 5.31. The van der Waals surface area contributed by atoms with E-state index in [9.17, 15) is 0 Å². The van der Waals surface area contributed by atoms with E-state index in [1.165, 1.54) is 11.1 Å². The van der Waals surface area contributed by atoms with Crippen LogP contribution in [0.15, 0.2) is 30.3 Å². The summed E-state index contributed by atoms with van der Waals surface area (Å²) in [6, 6.07) is 10.5. The van der Waals surface area contributed by atoms with E-state index in [-0.39, 0.29) is 6.10 Å². The maximum atomic E-state index is 5.87. The summed E-state index contributed by atoms with van der Waals surface area (Å²) in [5, 5.41) is 0. The van der Waals surface area contributed by atoms with Crippen molar-refractivity contribution in [3.05, 3.63) is 53.0 Å². The van der Waals surface area contributed by atoms with Crippen LogP contribution in [0.2, 0.25) is 0 Å². The van der Waals surface area contributed by atoms with Gasteiger partial charge in [-0.05, 0) is 19.4 Å². The van der Waals surface area contributed by atoms with Gasteiger partial charge in [-0.15, -0.1) is 0 Å². The molecule has 116 valence electrons. The van der Waals surface area contributed by atoms with Crippen LogP contribution in [-0.2, 0) is 11.3 Å². The lowest BCUT2D eigenvalue weighted by atomic mass is 10.1. The second kappa shape index (κ2) is 6.42. The van der Waals surface area contributed by atoms with Gasteiger partial charge in [0.15, 0.2) is 0 Å². The van der Waals surface area contributed by atoms with E-state index in [1.54, 1.807) is 0 Å². The van der Waals surface area contributed by atoms with Crippen LogP contribution in [0.1, 0.15) is 28.7 Å². The number of ether oxygens (including phenoxy) is 1. The van der Waals surface area contributed by atoms with Crippen LogP contribution in [0.5, 0.6) is 0 Å². The molecule has 22 heavy (non-hydrogen) atoms. The minimum absolute atomic E-state index is 0.0387.